The van der Waals surface area contributed by atoms with Crippen LogP contribution in [0.25, 0.3) is 4.85 Å². The minimum atomic E-state index is -0.723. The van der Waals surface area contributed by atoms with Crippen LogP contribution in [0.3, 0.4) is 0 Å². The number of aliphatic hydroxyl groups is 1. The van der Waals surface area contributed by atoms with Crippen molar-refractivity contribution in [2.75, 3.05) is 13.7 Å². The fraction of sp³-hybridized carbons (Fsp3) is 0.611. The molecule has 116 valence electrons. The molecule has 0 heterocycles. The molecule has 3 nitrogen and oxygen atoms in total. The summed E-state index contributed by atoms with van der Waals surface area (Å²) in [5.74, 6) is 1.67. The lowest BCUT2D eigenvalue weighted by Gasteiger charge is -2.23. The highest BCUT2D eigenvalue weighted by atomic mass is 16.5. The Balaban J connectivity index is 3.46. The molecule has 0 aliphatic carbocycles. The van der Waals surface area contributed by atoms with Gasteiger partial charge >= 0.3 is 0 Å². The van der Waals surface area contributed by atoms with Gasteiger partial charge in [-0.1, -0.05) is 27.7 Å². The average molecular weight is 289 g/mol. The van der Waals surface area contributed by atoms with E-state index in [1.807, 2.05) is 12.1 Å². The molecule has 0 aromatic heterocycles. The molecule has 21 heavy (non-hydrogen) atoms. The summed E-state index contributed by atoms with van der Waals surface area (Å²) < 4.78 is 5.68. The van der Waals surface area contributed by atoms with Gasteiger partial charge in [-0.25, -0.2) is 6.57 Å². The van der Waals surface area contributed by atoms with Crippen LogP contribution in [0.4, 0.5) is 0 Å². The lowest BCUT2D eigenvalue weighted by Crippen LogP contribution is -2.08. The maximum Gasteiger partial charge on any atom is 0.244 e. The highest BCUT2D eigenvalue weighted by molar-refractivity contribution is 5.48. The summed E-state index contributed by atoms with van der Waals surface area (Å²) in [5.41, 5.74) is 3.10. The number of hydrogen-bond donors (Lipinski definition) is 1. The van der Waals surface area contributed by atoms with E-state index in [1.165, 1.54) is 0 Å². The predicted molar refractivity (Wildman–Crippen MR) is 86.8 cm³/mol. The van der Waals surface area contributed by atoms with Crippen molar-refractivity contribution >= 4 is 0 Å². The Morgan fingerprint density at radius 3 is 1.95 bits per heavy atom. The fourth-order valence-electron chi connectivity index (χ4n) is 2.49. The first-order chi connectivity index (χ1) is 9.99. The first-order valence-corrected chi connectivity index (χ1v) is 7.72. The molecule has 0 aliphatic rings. The zero-order chi connectivity index (χ0) is 16.0. The first-order valence-electron chi connectivity index (χ1n) is 7.72. The van der Waals surface area contributed by atoms with Crippen molar-refractivity contribution in [2.45, 2.75) is 58.5 Å². The molecule has 0 bridgehead atoms. The molecular formula is C18H27NO2. The third kappa shape index (κ3) is 3.98. The van der Waals surface area contributed by atoms with Gasteiger partial charge < -0.3 is 14.7 Å². The second-order valence-electron chi connectivity index (χ2n) is 5.71. The fourth-order valence-corrected chi connectivity index (χ4v) is 2.49. The van der Waals surface area contributed by atoms with Gasteiger partial charge in [0.05, 0.1) is 7.11 Å². The number of methoxy groups -OCH3 is 1. The van der Waals surface area contributed by atoms with Crippen molar-refractivity contribution in [3.05, 3.63) is 40.2 Å². The summed E-state index contributed by atoms with van der Waals surface area (Å²) in [7, 11) is 1.71. The molecule has 3 unspecified atom stereocenters. The number of aliphatic hydroxyl groups excluding tert-OH is 1. The minimum Gasteiger partial charge on any atom is -0.496 e. The lowest BCUT2D eigenvalue weighted by molar-refractivity contribution is 0.195. The van der Waals surface area contributed by atoms with Gasteiger partial charge in [0, 0.05) is 0 Å². The van der Waals surface area contributed by atoms with Gasteiger partial charge in [0.2, 0.25) is 6.54 Å². The highest BCUT2D eigenvalue weighted by Gasteiger charge is 2.22. The zero-order valence-electron chi connectivity index (χ0n) is 13.8. The van der Waals surface area contributed by atoms with E-state index in [9.17, 15) is 5.11 Å². The number of benzene rings is 1. The molecule has 1 aromatic carbocycles. The Morgan fingerprint density at radius 2 is 1.62 bits per heavy atom. The molecule has 1 N–H and O–H groups in total. The number of hydrogen-bond acceptors (Lipinski definition) is 2. The van der Waals surface area contributed by atoms with E-state index in [2.05, 4.69) is 32.5 Å². The first kappa shape index (κ1) is 17.5. The molecule has 0 radical (unpaired) electrons. The van der Waals surface area contributed by atoms with E-state index < -0.39 is 6.10 Å². The summed E-state index contributed by atoms with van der Waals surface area (Å²) in [6.45, 7) is 15.7. The van der Waals surface area contributed by atoms with Gasteiger partial charge in [-0.2, -0.15) is 0 Å². The van der Waals surface area contributed by atoms with Crippen molar-refractivity contribution in [3.8, 4) is 5.75 Å². The molecule has 0 saturated carbocycles. The smallest absolute Gasteiger partial charge is 0.244 e. The van der Waals surface area contributed by atoms with Crippen molar-refractivity contribution < 1.29 is 9.84 Å². The van der Waals surface area contributed by atoms with Crippen molar-refractivity contribution in [3.63, 3.8) is 0 Å². The van der Waals surface area contributed by atoms with Gasteiger partial charge in [-0.3, -0.25) is 0 Å². The van der Waals surface area contributed by atoms with Crippen LogP contribution in [0.1, 0.15) is 75.2 Å². The Labute approximate surface area is 128 Å². The topological polar surface area (TPSA) is 33.8 Å². The monoisotopic (exact) mass is 289 g/mol. The van der Waals surface area contributed by atoms with Crippen LogP contribution in [0.5, 0.6) is 5.75 Å². The molecule has 1 rings (SSSR count). The summed E-state index contributed by atoms with van der Waals surface area (Å²) >= 11 is 0. The molecule has 0 spiro atoms. The summed E-state index contributed by atoms with van der Waals surface area (Å²) in [5, 5.41) is 10.2. The third-order valence-corrected chi connectivity index (χ3v) is 4.31. The standard InChI is InChI=1S/C18H27NO2/c1-7-12(3)15-9-14(17(20)11-19-5)10-16(13(4)8-2)18(15)21-6/h9-10,12-13,17,20H,7-8,11H2,1-4,6H3. The van der Waals surface area contributed by atoms with Crippen LogP contribution in [-0.4, -0.2) is 18.8 Å². The van der Waals surface area contributed by atoms with Crippen LogP contribution in [0, 0.1) is 6.57 Å². The molecular weight excluding hydrogens is 262 g/mol. The molecule has 3 heteroatoms. The summed E-state index contributed by atoms with van der Waals surface area (Å²) in [4.78, 5) is 3.31. The lowest BCUT2D eigenvalue weighted by atomic mass is 9.87. The molecule has 0 amide bonds. The second kappa shape index (κ2) is 8.05. The second-order valence-corrected chi connectivity index (χ2v) is 5.71. The zero-order valence-corrected chi connectivity index (χ0v) is 13.8. The van der Waals surface area contributed by atoms with Gasteiger partial charge in [0.1, 0.15) is 5.75 Å². The van der Waals surface area contributed by atoms with Crippen molar-refractivity contribution in [2.24, 2.45) is 0 Å². The van der Waals surface area contributed by atoms with E-state index in [0.717, 1.165) is 35.3 Å². The van der Waals surface area contributed by atoms with Crippen molar-refractivity contribution in [1.29, 1.82) is 0 Å². The largest absolute Gasteiger partial charge is 0.496 e. The van der Waals surface area contributed by atoms with Crippen LogP contribution >= 0.6 is 0 Å². The van der Waals surface area contributed by atoms with E-state index >= 15 is 0 Å². The number of nitrogens with zero attached hydrogens (tertiary/aromatic N) is 1. The van der Waals surface area contributed by atoms with Crippen LogP contribution in [-0.2, 0) is 0 Å². The molecule has 0 saturated heterocycles. The Morgan fingerprint density at radius 1 is 1.14 bits per heavy atom. The maximum absolute atomic E-state index is 10.2. The van der Waals surface area contributed by atoms with Gasteiger partial charge in [0.25, 0.3) is 0 Å². The van der Waals surface area contributed by atoms with Crippen LogP contribution < -0.4 is 4.74 Å². The normalized spacial score (nSPS) is 15.1. The van der Waals surface area contributed by atoms with Crippen LogP contribution in [0.2, 0.25) is 0 Å². The van der Waals surface area contributed by atoms with Gasteiger partial charge in [0.15, 0.2) is 6.10 Å². The Hall–Kier alpha value is -1.53. The number of ether oxygens (including phenoxy) is 1. The summed E-state index contributed by atoms with van der Waals surface area (Å²) in [6, 6.07) is 4.02. The minimum absolute atomic E-state index is 0.103. The Bertz CT molecular complexity index is 473. The summed E-state index contributed by atoms with van der Waals surface area (Å²) in [6.07, 6.45) is 1.30. The molecule has 3 atom stereocenters. The van der Waals surface area contributed by atoms with Crippen molar-refractivity contribution in [1.82, 2.24) is 0 Å². The van der Waals surface area contributed by atoms with E-state index in [4.69, 9.17) is 11.3 Å². The van der Waals surface area contributed by atoms with E-state index in [1.54, 1.807) is 7.11 Å². The third-order valence-electron chi connectivity index (χ3n) is 4.31. The van der Waals surface area contributed by atoms with Gasteiger partial charge in [-0.15, -0.1) is 0 Å². The quantitative estimate of drug-likeness (QED) is 0.740. The van der Waals surface area contributed by atoms with E-state index in [-0.39, 0.29) is 6.54 Å². The Kier molecular flexibility index (Phi) is 6.71. The van der Waals surface area contributed by atoms with Gasteiger partial charge in [-0.05, 0) is 53.5 Å². The van der Waals surface area contributed by atoms with Crippen LogP contribution in [0.15, 0.2) is 12.1 Å². The molecule has 1 aromatic rings. The average Bonchev–Trinajstić information content (AvgIpc) is 2.51. The SMILES string of the molecule is [C-]#[N+]CC(O)c1cc(C(C)CC)c(OC)c(C(C)CC)c1. The van der Waals surface area contributed by atoms with E-state index in [0.29, 0.717) is 11.8 Å². The predicted octanol–water partition coefficient (Wildman–Crippen LogP) is 4.67. The number of rotatable bonds is 7. The molecule has 0 aliphatic heterocycles. The highest BCUT2D eigenvalue weighted by Crippen LogP contribution is 2.39. The molecule has 0 fully saturated rings. The maximum atomic E-state index is 10.2.